The molecular formula is C20H23BrN4O. The van der Waals surface area contributed by atoms with Crippen LogP contribution in [0.15, 0.2) is 28.7 Å². The summed E-state index contributed by atoms with van der Waals surface area (Å²) in [7, 11) is 0. The third-order valence-electron chi connectivity index (χ3n) is 6.19. The van der Waals surface area contributed by atoms with Gasteiger partial charge in [0.25, 0.3) is 0 Å². The standard InChI is InChI=1S/C20H23BrN4O/c21-16-5-3-15(4-6-16)20(9-10-20)19(26)25-11-7-14(8-12-25)18-22-17(23-24-18)13-1-2-13/h3-6,13-14H,1-2,7-12H2,(H,22,23,24). The van der Waals surface area contributed by atoms with Crippen LogP contribution in [-0.4, -0.2) is 39.1 Å². The molecule has 0 unspecified atom stereocenters. The predicted molar refractivity (Wildman–Crippen MR) is 102 cm³/mol. The number of nitrogens with one attached hydrogen (secondary N) is 1. The first-order valence-electron chi connectivity index (χ1n) is 9.63. The number of halogens is 1. The molecule has 2 aliphatic carbocycles. The number of carbonyl (C=O) groups is 1. The normalized spacial score (nSPS) is 22.4. The van der Waals surface area contributed by atoms with Gasteiger partial charge in [0.2, 0.25) is 5.91 Å². The number of amides is 1. The number of aromatic amines is 1. The molecule has 136 valence electrons. The lowest BCUT2D eigenvalue weighted by molar-refractivity contribution is -0.135. The molecule has 0 atom stereocenters. The molecule has 2 saturated carbocycles. The average Bonchev–Trinajstić information content (AvgIpc) is 3.61. The van der Waals surface area contributed by atoms with Gasteiger partial charge < -0.3 is 4.90 Å². The molecule has 1 saturated heterocycles. The molecule has 1 aromatic heterocycles. The Bertz CT molecular complexity index is 815. The molecule has 2 heterocycles. The fraction of sp³-hybridized carbons (Fsp3) is 0.550. The summed E-state index contributed by atoms with van der Waals surface area (Å²) in [6.07, 6.45) is 6.34. The van der Waals surface area contributed by atoms with Gasteiger partial charge in [0.1, 0.15) is 5.82 Å². The largest absolute Gasteiger partial charge is 0.342 e. The number of rotatable bonds is 4. The summed E-state index contributed by atoms with van der Waals surface area (Å²) in [5.74, 6) is 3.32. The molecule has 0 spiro atoms. The maximum atomic E-state index is 13.2. The third kappa shape index (κ3) is 2.88. The second-order valence-electron chi connectivity index (χ2n) is 8.01. The van der Waals surface area contributed by atoms with Crippen molar-refractivity contribution in [3.05, 3.63) is 46.0 Å². The van der Waals surface area contributed by atoms with Crippen molar-refractivity contribution >= 4 is 21.8 Å². The van der Waals surface area contributed by atoms with E-state index >= 15 is 0 Å². The molecule has 26 heavy (non-hydrogen) atoms. The number of carbonyl (C=O) groups excluding carboxylic acids is 1. The second kappa shape index (κ2) is 6.19. The molecule has 5 nitrogen and oxygen atoms in total. The van der Waals surface area contributed by atoms with Crippen molar-refractivity contribution in [3.63, 3.8) is 0 Å². The first-order chi connectivity index (χ1) is 12.7. The first-order valence-corrected chi connectivity index (χ1v) is 10.4. The molecule has 1 aliphatic heterocycles. The number of likely N-dealkylation sites (tertiary alicyclic amines) is 1. The fourth-order valence-corrected chi connectivity index (χ4v) is 4.44. The number of piperidine rings is 1. The van der Waals surface area contributed by atoms with E-state index in [0.29, 0.717) is 17.7 Å². The van der Waals surface area contributed by atoms with Crippen molar-refractivity contribution in [2.24, 2.45) is 0 Å². The number of hydrogen-bond acceptors (Lipinski definition) is 3. The molecule has 6 heteroatoms. The van der Waals surface area contributed by atoms with Crippen LogP contribution in [0, 0.1) is 0 Å². The van der Waals surface area contributed by atoms with Crippen molar-refractivity contribution in [2.45, 2.75) is 55.8 Å². The van der Waals surface area contributed by atoms with Crippen molar-refractivity contribution in [1.29, 1.82) is 0 Å². The lowest BCUT2D eigenvalue weighted by Crippen LogP contribution is -2.43. The van der Waals surface area contributed by atoms with E-state index < -0.39 is 0 Å². The molecule has 2 aromatic rings. The van der Waals surface area contributed by atoms with E-state index in [9.17, 15) is 4.79 Å². The minimum absolute atomic E-state index is 0.265. The Labute approximate surface area is 161 Å². The van der Waals surface area contributed by atoms with Crippen molar-refractivity contribution < 1.29 is 4.79 Å². The van der Waals surface area contributed by atoms with Crippen LogP contribution < -0.4 is 0 Å². The quantitative estimate of drug-likeness (QED) is 0.825. The summed E-state index contributed by atoms with van der Waals surface area (Å²) in [5, 5.41) is 7.53. The van der Waals surface area contributed by atoms with Crippen LogP contribution in [-0.2, 0) is 10.2 Å². The van der Waals surface area contributed by atoms with E-state index in [1.54, 1.807) is 0 Å². The van der Waals surface area contributed by atoms with Crippen LogP contribution in [0.2, 0.25) is 0 Å². The summed E-state index contributed by atoms with van der Waals surface area (Å²) in [6.45, 7) is 1.64. The summed E-state index contributed by atoms with van der Waals surface area (Å²) in [4.78, 5) is 20.0. The van der Waals surface area contributed by atoms with Gasteiger partial charge in [-0.25, -0.2) is 4.98 Å². The lowest BCUT2D eigenvalue weighted by atomic mass is 9.91. The van der Waals surface area contributed by atoms with Gasteiger partial charge in [0, 0.05) is 29.4 Å². The predicted octanol–water partition coefficient (Wildman–Crippen LogP) is 3.88. The van der Waals surface area contributed by atoms with Crippen LogP contribution in [0.3, 0.4) is 0 Å². The third-order valence-corrected chi connectivity index (χ3v) is 6.72. The molecule has 3 fully saturated rings. The van der Waals surface area contributed by atoms with E-state index in [-0.39, 0.29) is 5.41 Å². The summed E-state index contributed by atoms with van der Waals surface area (Å²) >= 11 is 3.48. The van der Waals surface area contributed by atoms with Gasteiger partial charge in [-0.2, -0.15) is 5.10 Å². The Kier molecular flexibility index (Phi) is 3.92. The number of benzene rings is 1. The highest BCUT2D eigenvalue weighted by atomic mass is 79.9. The van der Waals surface area contributed by atoms with Crippen molar-refractivity contribution in [3.8, 4) is 0 Å². The highest BCUT2D eigenvalue weighted by molar-refractivity contribution is 9.10. The molecule has 3 aliphatic rings. The maximum Gasteiger partial charge on any atom is 0.233 e. The van der Waals surface area contributed by atoms with E-state index in [4.69, 9.17) is 4.98 Å². The zero-order valence-corrected chi connectivity index (χ0v) is 16.3. The highest BCUT2D eigenvalue weighted by Gasteiger charge is 2.53. The van der Waals surface area contributed by atoms with Gasteiger partial charge in [-0.1, -0.05) is 28.1 Å². The van der Waals surface area contributed by atoms with Crippen LogP contribution in [0.5, 0.6) is 0 Å². The van der Waals surface area contributed by atoms with Gasteiger partial charge >= 0.3 is 0 Å². The Hall–Kier alpha value is -1.69. The monoisotopic (exact) mass is 414 g/mol. The first kappa shape index (κ1) is 16.5. The zero-order valence-electron chi connectivity index (χ0n) is 14.7. The molecular weight excluding hydrogens is 392 g/mol. The number of hydrogen-bond donors (Lipinski definition) is 1. The van der Waals surface area contributed by atoms with Crippen LogP contribution in [0.1, 0.15) is 67.6 Å². The minimum atomic E-state index is -0.265. The Morgan fingerprint density at radius 3 is 2.38 bits per heavy atom. The SMILES string of the molecule is O=C(N1CCC(c2nc(C3CC3)n[nH]2)CC1)C1(c2ccc(Br)cc2)CC1. The van der Waals surface area contributed by atoms with E-state index in [1.165, 1.54) is 12.8 Å². The molecule has 1 aromatic carbocycles. The van der Waals surface area contributed by atoms with Crippen LogP contribution >= 0.6 is 15.9 Å². The van der Waals surface area contributed by atoms with Gasteiger partial charge in [0.05, 0.1) is 5.41 Å². The van der Waals surface area contributed by atoms with Crippen LogP contribution in [0.4, 0.5) is 0 Å². The smallest absolute Gasteiger partial charge is 0.233 e. The Balaban J connectivity index is 1.24. The van der Waals surface area contributed by atoms with Crippen molar-refractivity contribution in [1.82, 2.24) is 20.1 Å². The summed E-state index contributed by atoms with van der Waals surface area (Å²) < 4.78 is 1.06. The lowest BCUT2D eigenvalue weighted by Gasteiger charge is -2.34. The van der Waals surface area contributed by atoms with Crippen molar-refractivity contribution in [2.75, 3.05) is 13.1 Å². The van der Waals surface area contributed by atoms with E-state index in [2.05, 4.69) is 43.2 Å². The molecule has 0 radical (unpaired) electrons. The Morgan fingerprint density at radius 1 is 1.08 bits per heavy atom. The van der Waals surface area contributed by atoms with Gasteiger partial charge in [0.15, 0.2) is 5.82 Å². The molecule has 1 N–H and O–H groups in total. The number of H-pyrrole nitrogens is 1. The number of nitrogens with zero attached hydrogens (tertiary/aromatic N) is 3. The Morgan fingerprint density at radius 2 is 1.77 bits per heavy atom. The van der Waals surface area contributed by atoms with Crippen LogP contribution in [0.25, 0.3) is 0 Å². The number of aromatic nitrogens is 3. The zero-order chi connectivity index (χ0) is 17.7. The van der Waals surface area contributed by atoms with Gasteiger partial charge in [-0.3, -0.25) is 9.89 Å². The average molecular weight is 415 g/mol. The van der Waals surface area contributed by atoms with Gasteiger partial charge in [-0.15, -0.1) is 0 Å². The molecule has 0 bridgehead atoms. The van der Waals surface area contributed by atoms with E-state index in [1.807, 2.05) is 12.1 Å². The maximum absolute atomic E-state index is 13.2. The summed E-state index contributed by atoms with van der Waals surface area (Å²) in [6, 6.07) is 8.26. The topological polar surface area (TPSA) is 61.9 Å². The summed E-state index contributed by atoms with van der Waals surface area (Å²) in [5.41, 5.74) is 0.899. The highest BCUT2D eigenvalue weighted by Crippen LogP contribution is 2.50. The minimum Gasteiger partial charge on any atom is -0.342 e. The molecule has 1 amide bonds. The van der Waals surface area contributed by atoms with Gasteiger partial charge in [-0.05, 0) is 56.2 Å². The fourth-order valence-electron chi connectivity index (χ4n) is 4.17. The molecule has 5 rings (SSSR count). The van der Waals surface area contributed by atoms with E-state index in [0.717, 1.165) is 60.5 Å². The second-order valence-corrected chi connectivity index (χ2v) is 8.92.